The molecule has 1 unspecified atom stereocenters. The smallest absolute Gasteiger partial charge is 0.141 e. The summed E-state index contributed by atoms with van der Waals surface area (Å²) in [6.45, 7) is 1.76. The maximum Gasteiger partial charge on any atom is 0.141 e. The number of hydrogen-bond donors (Lipinski definition) is 1. The summed E-state index contributed by atoms with van der Waals surface area (Å²) in [5.41, 5.74) is 2.99. The summed E-state index contributed by atoms with van der Waals surface area (Å²) in [7, 11) is 0. The van der Waals surface area contributed by atoms with Gasteiger partial charge in [-0.2, -0.15) is 0 Å². The van der Waals surface area contributed by atoms with Crippen LogP contribution in [0.5, 0.6) is 0 Å². The standard InChI is InChI=1S/C14H15N3/c1-2-5-13-11(4-1)8-12(13)9-15-10-14-16-6-3-7-17-14/h1-7,12,15H,8-10H2. The number of rotatable bonds is 4. The number of hydrogen-bond acceptors (Lipinski definition) is 3. The van der Waals surface area contributed by atoms with Crippen molar-refractivity contribution < 1.29 is 0 Å². The fraction of sp³-hybridized carbons (Fsp3) is 0.286. The number of fused-ring (bicyclic) bond motifs is 1. The Balaban J connectivity index is 1.51. The van der Waals surface area contributed by atoms with E-state index in [0.717, 1.165) is 18.9 Å². The molecule has 1 aliphatic rings. The SMILES string of the molecule is c1cnc(CNCC2Cc3ccccc32)nc1. The molecule has 1 aromatic carbocycles. The molecular formula is C14H15N3. The Hall–Kier alpha value is -1.74. The van der Waals surface area contributed by atoms with Crippen LogP contribution in [0.2, 0.25) is 0 Å². The van der Waals surface area contributed by atoms with Gasteiger partial charge in [-0.15, -0.1) is 0 Å². The summed E-state index contributed by atoms with van der Waals surface area (Å²) in [6, 6.07) is 10.5. The summed E-state index contributed by atoms with van der Waals surface area (Å²) in [4.78, 5) is 8.38. The molecule has 3 rings (SSSR count). The second kappa shape index (κ2) is 4.63. The van der Waals surface area contributed by atoms with Gasteiger partial charge >= 0.3 is 0 Å². The van der Waals surface area contributed by atoms with Crippen LogP contribution in [0.25, 0.3) is 0 Å². The van der Waals surface area contributed by atoms with Gasteiger partial charge in [0.15, 0.2) is 0 Å². The molecular weight excluding hydrogens is 210 g/mol. The molecule has 17 heavy (non-hydrogen) atoms. The van der Waals surface area contributed by atoms with Gasteiger partial charge in [-0.1, -0.05) is 24.3 Å². The zero-order valence-corrected chi connectivity index (χ0v) is 9.63. The van der Waals surface area contributed by atoms with Gasteiger partial charge in [0.25, 0.3) is 0 Å². The third-order valence-corrected chi connectivity index (χ3v) is 3.25. The first-order valence-corrected chi connectivity index (χ1v) is 5.98. The zero-order chi connectivity index (χ0) is 11.5. The highest BCUT2D eigenvalue weighted by Gasteiger charge is 2.24. The monoisotopic (exact) mass is 225 g/mol. The van der Waals surface area contributed by atoms with Crippen molar-refractivity contribution in [2.45, 2.75) is 18.9 Å². The fourth-order valence-corrected chi connectivity index (χ4v) is 2.32. The summed E-state index contributed by atoms with van der Waals surface area (Å²) in [6.07, 6.45) is 4.75. The van der Waals surface area contributed by atoms with E-state index in [9.17, 15) is 0 Å². The molecule has 3 heteroatoms. The highest BCUT2D eigenvalue weighted by Crippen LogP contribution is 2.33. The first-order valence-electron chi connectivity index (χ1n) is 5.98. The van der Waals surface area contributed by atoms with Crippen molar-refractivity contribution in [3.8, 4) is 0 Å². The predicted octanol–water partition coefficient (Wildman–Crippen LogP) is 1.91. The molecule has 2 aromatic rings. The predicted molar refractivity (Wildman–Crippen MR) is 66.6 cm³/mol. The van der Waals surface area contributed by atoms with Crippen molar-refractivity contribution in [2.75, 3.05) is 6.54 Å². The molecule has 0 amide bonds. The van der Waals surface area contributed by atoms with Crippen molar-refractivity contribution in [3.05, 3.63) is 59.7 Å². The molecule has 0 spiro atoms. The first kappa shape index (κ1) is 10.4. The largest absolute Gasteiger partial charge is 0.309 e. The van der Waals surface area contributed by atoms with Crippen LogP contribution < -0.4 is 5.32 Å². The quantitative estimate of drug-likeness (QED) is 0.863. The van der Waals surface area contributed by atoms with Crippen molar-refractivity contribution in [2.24, 2.45) is 0 Å². The molecule has 0 saturated carbocycles. The van der Waals surface area contributed by atoms with E-state index >= 15 is 0 Å². The summed E-state index contributed by atoms with van der Waals surface area (Å²) < 4.78 is 0. The van der Waals surface area contributed by atoms with Crippen LogP contribution in [0.4, 0.5) is 0 Å². The second-order valence-electron chi connectivity index (χ2n) is 4.40. The Morgan fingerprint density at radius 1 is 1.12 bits per heavy atom. The highest BCUT2D eigenvalue weighted by molar-refractivity contribution is 5.40. The van der Waals surface area contributed by atoms with Crippen LogP contribution in [0, 0.1) is 0 Å². The molecule has 0 aliphatic heterocycles. The minimum atomic E-state index is 0.662. The minimum Gasteiger partial charge on any atom is -0.309 e. The average molecular weight is 225 g/mol. The van der Waals surface area contributed by atoms with E-state index < -0.39 is 0 Å². The Kier molecular flexibility index (Phi) is 2.84. The third kappa shape index (κ3) is 2.19. The maximum atomic E-state index is 4.19. The lowest BCUT2D eigenvalue weighted by Crippen LogP contribution is -2.29. The molecule has 3 nitrogen and oxygen atoms in total. The minimum absolute atomic E-state index is 0.662. The highest BCUT2D eigenvalue weighted by atomic mass is 15.0. The summed E-state index contributed by atoms with van der Waals surface area (Å²) in [5.74, 6) is 1.52. The van der Waals surface area contributed by atoms with Crippen molar-refractivity contribution in [3.63, 3.8) is 0 Å². The number of nitrogens with one attached hydrogen (secondary N) is 1. The molecule has 1 heterocycles. The van der Waals surface area contributed by atoms with Crippen molar-refractivity contribution >= 4 is 0 Å². The van der Waals surface area contributed by atoms with Crippen LogP contribution in [0.15, 0.2) is 42.7 Å². The van der Waals surface area contributed by atoms with Crippen LogP contribution in [-0.4, -0.2) is 16.5 Å². The molecule has 1 N–H and O–H groups in total. The zero-order valence-electron chi connectivity index (χ0n) is 9.63. The number of benzene rings is 1. The lowest BCUT2D eigenvalue weighted by molar-refractivity contribution is 0.528. The molecule has 0 radical (unpaired) electrons. The lowest BCUT2D eigenvalue weighted by atomic mass is 9.78. The first-order chi connectivity index (χ1) is 8.43. The number of aromatic nitrogens is 2. The molecule has 1 atom stereocenters. The van der Waals surface area contributed by atoms with Crippen molar-refractivity contribution in [1.82, 2.24) is 15.3 Å². The summed E-state index contributed by atoms with van der Waals surface area (Å²) in [5, 5.41) is 3.42. The van der Waals surface area contributed by atoms with E-state index in [1.54, 1.807) is 12.4 Å². The van der Waals surface area contributed by atoms with E-state index in [-0.39, 0.29) is 0 Å². The molecule has 0 fully saturated rings. The van der Waals surface area contributed by atoms with Gasteiger partial charge in [0, 0.05) is 24.9 Å². The fourth-order valence-electron chi connectivity index (χ4n) is 2.32. The molecule has 1 aliphatic carbocycles. The topological polar surface area (TPSA) is 37.8 Å². The molecule has 0 bridgehead atoms. The lowest BCUT2D eigenvalue weighted by Gasteiger charge is -2.30. The second-order valence-corrected chi connectivity index (χ2v) is 4.40. The Morgan fingerprint density at radius 2 is 1.94 bits per heavy atom. The Labute approximate surface area is 101 Å². The van der Waals surface area contributed by atoms with Gasteiger partial charge in [0.05, 0.1) is 6.54 Å². The van der Waals surface area contributed by atoms with E-state index in [1.165, 1.54) is 17.5 Å². The van der Waals surface area contributed by atoms with E-state index in [4.69, 9.17) is 0 Å². The van der Waals surface area contributed by atoms with Crippen LogP contribution >= 0.6 is 0 Å². The van der Waals surface area contributed by atoms with E-state index in [2.05, 4.69) is 39.6 Å². The Morgan fingerprint density at radius 3 is 2.76 bits per heavy atom. The summed E-state index contributed by atoms with van der Waals surface area (Å²) >= 11 is 0. The van der Waals surface area contributed by atoms with Crippen LogP contribution in [0.3, 0.4) is 0 Å². The van der Waals surface area contributed by atoms with Crippen LogP contribution in [0.1, 0.15) is 22.9 Å². The van der Waals surface area contributed by atoms with E-state index in [0.29, 0.717) is 5.92 Å². The van der Waals surface area contributed by atoms with Gasteiger partial charge in [-0.3, -0.25) is 0 Å². The van der Waals surface area contributed by atoms with Crippen LogP contribution in [-0.2, 0) is 13.0 Å². The molecule has 1 aromatic heterocycles. The number of nitrogens with zero attached hydrogens (tertiary/aromatic N) is 2. The average Bonchev–Trinajstić information content (AvgIpc) is 2.36. The van der Waals surface area contributed by atoms with Gasteiger partial charge < -0.3 is 5.32 Å². The Bertz CT molecular complexity index is 496. The normalized spacial score (nSPS) is 17.3. The van der Waals surface area contributed by atoms with Gasteiger partial charge in [0.2, 0.25) is 0 Å². The van der Waals surface area contributed by atoms with Gasteiger partial charge in [-0.05, 0) is 23.6 Å². The third-order valence-electron chi connectivity index (χ3n) is 3.25. The van der Waals surface area contributed by atoms with E-state index in [1.807, 2.05) is 6.07 Å². The maximum absolute atomic E-state index is 4.19. The molecule has 86 valence electrons. The van der Waals surface area contributed by atoms with Crippen molar-refractivity contribution in [1.29, 1.82) is 0 Å². The van der Waals surface area contributed by atoms with Gasteiger partial charge in [-0.25, -0.2) is 9.97 Å². The molecule has 0 saturated heterocycles. The van der Waals surface area contributed by atoms with Gasteiger partial charge in [0.1, 0.15) is 5.82 Å².